The predicted octanol–water partition coefficient (Wildman–Crippen LogP) is 2.30. The molecule has 0 amide bonds. The average molecular weight is 349 g/mol. The van der Waals surface area contributed by atoms with E-state index in [2.05, 4.69) is 46.2 Å². The Morgan fingerprint density at radius 3 is 2.56 bits per heavy atom. The molecule has 1 aromatic rings. The second-order valence-electron chi connectivity index (χ2n) is 6.69. The molecule has 2 N–H and O–H groups in total. The number of nitrogens with zero attached hydrogens (tertiary/aromatic N) is 3. The molecular formula is C19H32FN5. The van der Waals surface area contributed by atoms with Crippen LogP contribution >= 0.6 is 0 Å². The summed E-state index contributed by atoms with van der Waals surface area (Å²) in [5.74, 6) is 0.765. The molecule has 1 fully saturated rings. The molecule has 1 saturated heterocycles. The Labute approximate surface area is 151 Å². The molecule has 0 saturated carbocycles. The SMILES string of the molecule is CCNC(=NCCCN1CCN(c2ccccc2F)CC1)NC(C)C. The van der Waals surface area contributed by atoms with E-state index in [-0.39, 0.29) is 5.82 Å². The molecule has 1 aliphatic rings. The summed E-state index contributed by atoms with van der Waals surface area (Å²) in [5.41, 5.74) is 0.724. The Morgan fingerprint density at radius 1 is 1.20 bits per heavy atom. The van der Waals surface area contributed by atoms with Crippen LogP contribution in [0.1, 0.15) is 27.2 Å². The molecule has 0 atom stereocenters. The van der Waals surface area contributed by atoms with Gasteiger partial charge in [-0.05, 0) is 39.3 Å². The first-order chi connectivity index (χ1) is 12.1. The number of nitrogens with one attached hydrogen (secondary N) is 2. The van der Waals surface area contributed by atoms with Gasteiger partial charge in [0.2, 0.25) is 0 Å². The van der Waals surface area contributed by atoms with E-state index >= 15 is 0 Å². The summed E-state index contributed by atoms with van der Waals surface area (Å²) in [6, 6.07) is 7.42. The van der Waals surface area contributed by atoms with Crippen molar-refractivity contribution in [3.05, 3.63) is 30.1 Å². The van der Waals surface area contributed by atoms with Crippen LogP contribution in [0.3, 0.4) is 0 Å². The fourth-order valence-electron chi connectivity index (χ4n) is 3.00. The van der Waals surface area contributed by atoms with Crippen LogP contribution in [0, 0.1) is 5.82 Å². The Kier molecular flexibility index (Phi) is 7.98. The van der Waals surface area contributed by atoms with Gasteiger partial charge in [-0.25, -0.2) is 4.39 Å². The molecular weight excluding hydrogens is 317 g/mol. The van der Waals surface area contributed by atoms with Crippen LogP contribution in [0.2, 0.25) is 0 Å². The van der Waals surface area contributed by atoms with E-state index < -0.39 is 0 Å². The van der Waals surface area contributed by atoms with Gasteiger partial charge in [-0.15, -0.1) is 0 Å². The van der Waals surface area contributed by atoms with E-state index in [1.807, 2.05) is 12.1 Å². The molecule has 5 nitrogen and oxygen atoms in total. The largest absolute Gasteiger partial charge is 0.367 e. The van der Waals surface area contributed by atoms with Crippen molar-refractivity contribution in [2.45, 2.75) is 33.2 Å². The summed E-state index contributed by atoms with van der Waals surface area (Å²) in [5, 5.41) is 6.60. The number of rotatable bonds is 7. The Morgan fingerprint density at radius 2 is 1.92 bits per heavy atom. The summed E-state index contributed by atoms with van der Waals surface area (Å²) in [7, 11) is 0. The van der Waals surface area contributed by atoms with Crippen molar-refractivity contribution >= 4 is 11.6 Å². The summed E-state index contributed by atoms with van der Waals surface area (Å²) >= 11 is 0. The zero-order chi connectivity index (χ0) is 18.1. The van der Waals surface area contributed by atoms with Crippen LogP contribution in [-0.2, 0) is 0 Å². The van der Waals surface area contributed by atoms with Crippen LogP contribution in [0.15, 0.2) is 29.3 Å². The number of hydrogen-bond donors (Lipinski definition) is 2. The fourth-order valence-corrected chi connectivity index (χ4v) is 3.00. The minimum absolute atomic E-state index is 0.126. The highest BCUT2D eigenvalue weighted by Crippen LogP contribution is 2.20. The van der Waals surface area contributed by atoms with Gasteiger partial charge in [0.05, 0.1) is 5.69 Å². The number of halogens is 1. The number of anilines is 1. The van der Waals surface area contributed by atoms with E-state index in [4.69, 9.17) is 0 Å². The molecule has 2 rings (SSSR count). The third-order valence-electron chi connectivity index (χ3n) is 4.24. The highest BCUT2D eigenvalue weighted by atomic mass is 19.1. The maximum absolute atomic E-state index is 13.9. The van der Waals surface area contributed by atoms with Crippen LogP contribution in [0.5, 0.6) is 0 Å². The molecule has 1 aromatic carbocycles. The lowest BCUT2D eigenvalue weighted by molar-refractivity contribution is 0.256. The highest BCUT2D eigenvalue weighted by Gasteiger charge is 2.18. The second-order valence-corrected chi connectivity index (χ2v) is 6.69. The van der Waals surface area contributed by atoms with Gasteiger partial charge in [0.1, 0.15) is 5.82 Å². The smallest absolute Gasteiger partial charge is 0.191 e. The van der Waals surface area contributed by atoms with Gasteiger partial charge >= 0.3 is 0 Å². The van der Waals surface area contributed by atoms with E-state index in [9.17, 15) is 4.39 Å². The first-order valence-corrected chi connectivity index (χ1v) is 9.36. The van der Waals surface area contributed by atoms with Gasteiger partial charge < -0.3 is 15.5 Å². The number of guanidine groups is 1. The molecule has 25 heavy (non-hydrogen) atoms. The summed E-state index contributed by atoms with van der Waals surface area (Å²) in [4.78, 5) is 9.20. The molecule has 1 heterocycles. The molecule has 0 bridgehead atoms. The number of para-hydroxylation sites is 1. The minimum atomic E-state index is -0.126. The van der Waals surface area contributed by atoms with Gasteiger partial charge in [0.15, 0.2) is 5.96 Å². The Balaban J connectivity index is 1.71. The van der Waals surface area contributed by atoms with Gasteiger partial charge in [-0.3, -0.25) is 9.89 Å². The Bertz CT molecular complexity index is 538. The van der Waals surface area contributed by atoms with Gasteiger partial charge in [0, 0.05) is 51.9 Å². The van der Waals surface area contributed by atoms with Crippen LogP contribution < -0.4 is 15.5 Å². The first-order valence-electron chi connectivity index (χ1n) is 9.36. The molecule has 1 aliphatic heterocycles. The van der Waals surface area contributed by atoms with E-state index in [0.717, 1.165) is 63.9 Å². The number of piperazine rings is 1. The van der Waals surface area contributed by atoms with Crippen molar-refractivity contribution in [3.63, 3.8) is 0 Å². The second kappa shape index (κ2) is 10.2. The summed E-state index contributed by atoms with van der Waals surface area (Å²) < 4.78 is 13.9. The maximum Gasteiger partial charge on any atom is 0.191 e. The zero-order valence-electron chi connectivity index (χ0n) is 15.8. The van der Waals surface area contributed by atoms with Crippen molar-refractivity contribution in [1.82, 2.24) is 15.5 Å². The van der Waals surface area contributed by atoms with Crippen LogP contribution in [0.25, 0.3) is 0 Å². The average Bonchev–Trinajstić information content (AvgIpc) is 2.59. The lowest BCUT2D eigenvalue weighted by Crippen LogP contribution is -2.47. The molecule has 0 aliphatic carbocycles. The van der Waals surface area contributed by atoms with Crippen molar-refractivity contribution in [1.29, 1.82) is 0 Å². The lowest BCUT2D eigenvalue weighted by atomic mass is 10.2. The Hall–Kier alpha value is -1.82. The fraction of sp³-hybridized carbons (Fsp3) is 0.632. The quantitative estimate of drug-likeness (QED) is 0.450. The molecule has 0 spiro atoms. The topological polar surface area (TPSA) is 42.9 Å². The zero-order valence-corrected chi connectivity index (χ0v) is 15.8. The van der Waals surface area contributed by atoms with E-state index in [1.165, 1.54) is 6.07 Å². The first kappa shape index (κ1) is 19.5. The van der Waals surface area contributed by atoms with Crippen LogP contribution in [-0.4, -0.2) is 62.7 Å². The third-order valence-corrected chi connectivity index (χ3v) is 4.24. The molecule has 6 heteroatoms. The number of hydrogen-bond acceptors (Lipinski definition) is 3. The van der Waals surface area contributed by atoms with Gasteiger partial charge in [-0.1, -0.05) is 12.1 Å². The third kappa shape index (κ3) is 6.53. The molecule has 0 unspecified atom stereocenters. The molecule has 140 valence electrons. The standard InChI is InChI=1S/C19H32FN5/c1-4-21-19(23-16(2)3)22-10-7-11-24-12-14-25(15-13-24)18-9-6-5-8-17(18)20/h5-6,8-9,16H,4,7,10-15H2,1-3H3,(H2,21,22,23). The van der Waals surface area contributed by atoms with Gasteiger partial charge in [-0.2, -0.15) is 0 Å². The number of aliphatic imine (C=N–C) groups is 1. The van der Waals surface area contributed by atoms with E-state index in [1.54, 1.807) is 6.07 Å². The molecule has 0 aromatic heterocycles. The summed E-state index contributed by atoms with van der Waals surface area (Å²) in [6.07, 6.45) is 1.04. The van der Waals surface area contributed by atoms with Crippen molar-refractivity contribution < 1.29 is 4.39 Å². The van der Waals surface area contributed by atoms with Crippen molar-refractivity contribution in [2.24, 2.45) is 4.99 Å². The van der Waals surface area contributed by atoms with Crippen molar-refractivity contribution in [2.75, 3.05) is 50.7 Å². The maximum atomic E-state index is 13.9. The lowest BCUT2D eigenvalue weighted by Gasteiger charge is -2.36. The van der Waals surface area contributed by atoms with Crippen molar-refractivity contribution in [3.8, 4) is 0 Å². The predicted molar refractivity (Wildman–Crippen MR) is 104 cm³/mol. The summed E-state index contributed by atoms with van der Waals surface area (Å²) in [6.45, 7) is 12.7. The van der Waals surface area contributed by atoms with E-state index in [0.29, 0.717) is 6.04 Å². The highest BCUT2D eigenvalue weighted by molar-refractivity contribution is 5.79. The normalized spacial score (nSPS) is 16.4. The monoisotopic (exact) mass is 349 g/mol. The van der Waals surface area contributed by atoms with Crippen LogP contribution in [0.4, 0.5) is 10.1 Å². The number of benzene rings is 1. The minimum Gasteiger partial charge on any atom is -0.367 e. The molecule has 0 radical (unpaired) electrons. The van der Waals surface area contributed by atoms with Gasteiger partial charge in [0.25, 0.3) is 0 Å².